The topological polar surface area (TPSA) is 55.2 Å². The molecule has 15 heavy (non-hydrogen) atoms. The van der Waals surface area contributed by atoms with Crippen LogP contribution in [0.5, 0.6) is 0 Å². The summed E-state index contributed by atoms with van der Waals surface area (Å²) in [7, 11) is 1.95. The van der Waals surface area contributed by atoms with Crippen LogP contribution in [0.3, 0.4) is 0 Å². The number of nitrogens with zero attached hydrogens (tertiary/aromatic N) is 1. The average molecular weight is 206 g/mol. The molecule has 0 heterocycles. The van der Waals surface area contributed by atoms with Crippen LogP contribution in [-0.2, 0) is 0 Å². The van der Waals surface area contributed by atoms with Gasteiger partial charge in [0.05, 0.1) is 4.92 Å². The van der Waals surface area contributed by atoms with E-state index in [0.29, 0.717) is 11.8 Å². The minimum atomic E-state index is -0.359. The van der Waals surface area contributed by atoms with Gasteiger partial charge in [-0.05, 0) is 37.4 Å². The van der Waals surface area contributed by atoms with E-state index in [4.69, 9.17) is 0 Å². The van der Waals surface area contributed by atoms with Crippen LogP contribution >= 0.6 is 0 Å². The zero-order chi connectivity index (χ0) is 10.8. The first kappa shape index (κ1) is 10.1. The first-order valence-corrected chi connectivity index (χ1v) is 5.11. The number of nitrogens with one attached hydrogen (secondary N) is 1. The summed E-state index contributed by atoms with van der Waals surface area (Å²) in [6.45, 7) is 1.03. The third-order valence-corrected chi connectivity index (χ3v) is 2.92. The zero-order valence-electron chi connectivity index (χ0n) is 8.64. The van der Waals surface area contributed by atoms with Crippen LogP contribution in [0.15, 0.2) is 24.3 Å². The highest BCUT2D eigenvalue weighted by atomic mass is 16.6. The van der Waals surface area contributed by atoms with Crippen LogP contribution in [0, 0.1) is 16.0 Å². The summed E-state index contributed by atoms with van der Waals surface area (Å²) < 4.78 is 0. The molecule has 0 saturated heterocycles. The Bertz CT molecular complexity index is 361. The molecule has 0 aromatic heterocycles. The van der Waals surface area contributed by atoms with Gasteiger partial charge in [-0.25, -0.2) is 0 Å². The van der Waals surface area contributed by atoms with Gasteiger partial charge in [-0.15, -0.1) is 0 Å². The monoisotopic (exact) mass is 206 g/mol. The molecule has 1 aromatic rings. The SMILES string of the molecule is CNCC1CC1c1ccc([N+](=O)[O-])cc1. The van der Waals surface area contributed by atoms with E-state index in [0.717, 1.165) is 6.54 Å². The summed E-state index contributed by atoms with van der Waals surface area (Å²) in [4.78, 5) is 10.1. The molecule has 0 bridgehead atoms. The fourth-order valence-electron chi connectivity index (χ4n) is 1.99. The molecule has 1 aromatic carbocycles. The van der Waals surface area contributed by atoms with Crippen LogP contribution < -0.4 is 5.32 Å². The van der Waals surface area contributed by atoms with E-state index in [-0.39, 0.29) is 10.6 Å². The summed E-state index contributed by atoms with van der Waals surface area (Å²) in [5, 5.41) is 13.6. The second-order valence-corrected chi connectivity index (χ2v) is 4.01. The largest absolute Gasteiger partial charge is 0.319 e. The number of nitro groups is 1. The van der Waals surface area contributed by atoms with Crippen LogP contribution in [-0.4, -0.2) is 18.5 Å². The van der Waals surface area contributed by atoms with Gasteiger partial charge in [0.15, 0.2) is 0 Å². The molecule has 4 heteroatoms. The summed E-state index contributed by atoms with van der Waals surface area (Å²) in [5.41, 5.74) is 1.39. The van der Waals surface area contributed by atoms with E-state index in [2.05, 4.69) is 5.32 Å². The number of hydrogen-bond acceptors (Lipinski definition) is 3. The lowest BCUT2D eigenvalue weighted by Gasteiger charge is -1.99. The molecule has 80 valence electrons. The normalized spacial score (nSPS) is 23.8. The standard InChI is InChI=1S/C11H14N2O2/c1-12-7-9-6-11(9)8-2-4-10(5-3-8)13(14)15/h2-5,9,11-12H,6-7H2,1H3. The molecule has 0 spiro atoms. The summed E-state index contributed by atoms with van der Waals surface area (Å²) in [5.74, 6) is 1.30. The Morgan fingerprint density at radius 1 is 1.47 bits per heavy atom. The highest BCUT2D eigenvalue weighted by Gasteiger charge is 2.37. The number of nitro benzene ring substituents is 1. The molecule has 1 fully saturated rings. The Hall–Kier alpha value is -1.42. The molecule has 2 atom stereocenters. The van der Waals surface area contributed by atoms with Crippen LogP contribution in [0.1, 0.15) is 17.9 Å². The molecule has 1 aliphatic rings. The van der Waals surface area contributed by atoms with Crippen molar-refractivity contribution in [2.75, 3.05) is 13.6 Å². The number of rotatable bonds is 4. The van der Waals surface area contributed by atoms with Gasteiger partial charge in [0, 0.05) is 12.1 Å². The average Bonchev–Trinajstić information content (AvgIpc) is 2.98. The lowest BCUT2D eigenvalue weighted by atomic mass is 10.1. The molecule has 0 aliphatic heterocycles. The van der Waals surface area contributed by atoms with Crippen molar-refractivity contribution < 1.29 is 4.92 Å². The van der Waals surface area contributed by atoms with E-state index in [1.807, 2.05) is 19.2 Å². The van der Waals surface area contributed by atoms with E-state index < -0.39 is 0 Å². The Labute approximate surface area is 88.5 Å². The molecule has 0 amide bonds. The fourth-order valence-corrected chi connectivity index (χ4v) is 1.99. The van der Waals surface area contributed by atoms with Gasteiger partial charge in [0.2, 0.25) is 0 Å². The van der Waals surface area contributed by atoms with Crippen molar-refractivity contribution in [1.82, 2.24) is 5.32 Å². The smallest absolute Gasteiger partial charge is 0.269 e. The quantitative estimate of drug-likeness (QED) is 0.604. The summed E-state index contributed by atoms with van der Waals surface area (Å²) in [6.07, 6.45) is 1.19. The molecule has 4 nitrogen and oxygen atoms in total. The predicted octanol–water partition coefficient (Wildman–Crippen LogP) is 1.92. The maximum atomic E-state index is 10.5. The number of benzene rings is 1. The molecule has 2 unspecified atom stereocenters. The second kappa shape index (κ2) is 3.98. The van der Waals surface area contributed by atoms with Gasteiger partial charge >= 0.3 is 0 Å². The summed E-state index contributed by atoms with van der Waals surface area (Å²) >= 11 is 0. The zero-order valence-corrected chi connectivity index (χ0v) is 8.64. The third kappa shape index (κ3) is 2.15. The Kier molecular flexibility index (Phi) is 2.68. The van der Waals surface area contributed by atoms with Gasteiger partial charge in [-0.2, -0.15) is 0 Å². The minimum Gasteiger partial charge on any atom is -0.319 e. The second-order valence-electron chi connectivity index (χ2n) is 4.01. The van der Waals surface area contributed by atoms with Crippen molar-refractivity contribution >= 4 is 5.69 Å². The van der Waals surface area contributed by atoms with Crippen LogP contribution in [0.25, 0.3) is 0 Å². The van der Waals surface area contributed by atoms with E-state index in [1.165, 1.54) is 12.0 Å². The molecule has 0 radical (unpaired) electrons. The Morgan fingerprint density at radius 2 is 2.13 bits per heavy atom. The van der Waals surface area contributed by atoms with Gasteiger partial charge in [0.25, 0.3) is 5.69 Å². The molecular weight excluding hydrogens is 192 g/mol. The highest BCUT2D eigenvalue weighted by molar-refractivity contribution is 5.36. The Morgan fingerprint density at radius 3 is 2.67 bits per heavy atom. The van der Waals surface area contributed by atoms with Crippen molar-refractivity contribution in [2.24, 2.45) is 5.92 Å². The van der Waals surface area contributed by atoms with E-state index in [1.54, 1.807) is 12.1 Å². The van der Waals surface area contributed by atoms with Crippen LogP contribution in [0.2, 0.25) is 0 Å². The van der Waals surface area contributed by atoms with Crippen molar-refractivity contribution in [3.05, 3.63) is 39.9 Å². The minimum absolute atomic E-state index is 0.171. The summed E-state index contributed by atoms with van der Waals surface area (Å²) in [6, 6.07) is 6.92. The van der Waals surface area contributed by atoms with Crippen molar-refractivity contribution in [3.63, 3.8) is 0 Å². The molecular formula is C11H14N2O2. The molecule has 1 aliphatic carbocycles. The first-order chi connectivity index (χ1) is 7.22. The van der Waals surface area contributed by atoms with Crippen LogP contribution in [0.4, 0.5) is 5.69 Å². The number of non-ortho nitro benzene ring substituents is 1. The third-order valence-electron chi connectivity index (χ3n) is 2.92. The lowest BCUT2D eigenvalue weighted by Crippen LogP contribution is -2.10. The van der Waals surface area contributed by atoms with E-state index >= 15 is 0 Å². The predicted molar refractivity (Wildman–Crippen MR) is 57.9 cm³/mol. The fraction of sp³-hybridized carbons (Fsp3) is 0.455. The van der Waals surface area contributed by atoms with Gasteiger partial charge in [-0.3, -0.25) is 10.1 Å². The van der Waals surface area contributed by atoms with E-state index in [9.17, 15) is 10.1 Å². The van der Waals surface area contributed by atoms with Crippen molar-refractivity contribution in [3.8, 4) is 0 Å². The van der Waals surface area contributed by atoms with Crippen molar-refractivity contribution in [2.45, 2.75) is 12.3 Å². The van der Waals surface area contributed by atoms with Gasteiger partial charge in [0.1, 0.15) is 0 Å². The highest BCUT2D eigenvalue weighted by Crippen LogP contribution is 2.47. The van der Waals surface area contributed by atoms with Gasteiger partial charge in [-0.1, -0.05) is 12.1 Å². The lowest BCUT2D eigenvalue weighted by molar-refractivity contribution is -0.384. The Balaban J connectivity index is 2.03. The number of hydrogen-bond donors (Lipinski definition) is 1. The van der Waals surface area contributed by atoms with Gasteiger partial charge < -0.3 is 5.32 Å². The molecule has 1 N–H and O–H groups in total. The molecule has 1 saturated carbocycles. The first-order valence-electron chi connectivity index (χ1n) is 5.11. The maximum absolute atomic E-state index is 10.5. The van der Waals surface area contributed by atoms with Crippen molar-refractivity contribution in [1.29, 1.82) is 0 Å². The maximum Gasteiger partial charge on any atom is 0.269 e. The molecule has 2 rings (SSSR count).